The van der Waals surface area contributed by atoms with Crippen LogP contribution in [0.3, 0.4) is 0 Å². The van der Waals surface area contributed by atoms with Crippen LogP contribution in [-0.4, -0.2) is 12.1 Å². The van der Waals surface area contributed by atoms with Crippen LogP contribution in [0.2, 0.25) is 0 Å². The molecule has 0 spiro atoms. The van der Waals surface area contributed by atoms with Crippen molar-refractivity contribution in [3.63, 3.8) is 0 Å². The third-order valence-corrected chi connectivity index (χ3v) is 3.05. The molecule has 0 aromatic rings. The Bertz CT molecular complexity index is 104. The van der Waals surface area contributed by atoms with Crippen molar-refractivity contribution in [2.75, 3.05) is 0 Å². The molecule has 2 aliphatic rings. The molecule has 52 valence electrons. The zero-order valence-electron chi connectivity index (χ0n) is 6.22. The Kier molecular flexibility index (Phi) is 1.10. The molecule has 2 rings (SSSR count). The zero-order valence-corrected chi connectivity index (χ0v) is 6.22. The molecule has 4 atom stereocenters. The normalized spacial score (nSPS) is 56.7. The first-order valence-corrected chi connectivity index (χ1v) is 4.03. The predicted octanol–water partition coefficient (Wildman–Crippen LogP) is 1.39. The lowest BCUT2D eigenvalue weighted by atomic mass is 9.84. The summed E-state index contributed by atoms with van der Waals surface area (Å²) in [5, 5.41) is 3.63. The van der Waals surface area contributed by atoms with E-state index in [1.165, 1.54) is 12.8 Å². The lowest BCUT2D eigenvalue weighted by Crippen LogP contribution is -2.21. The molecule has 0 saturated carbocycles. The van der Waals surface area contributed by atoms with Gasteiger partial charge in [0.25, 0.3) is 0 Å². The molecule has 2 unspecified atom stereocenters. The molecular weight excluding hydrogens is 110 g/mol. The van der Waals surface area contributed by atoms with E-state index in [-0.39, 0.29) is 0 Å². The summed E-state index contributed by atoms with van der Waals surface area (Å²) in [5.41, 5.74) is 0. The van der Waals surface area contributed by atoms with E-state index in [9.17, 15) is 0 Å². The van der Waals surface area contributed by atoms with E-state index in [0.29, 0.717) is 0 Å². The van der Waals surface area contributed by atoms with Crippen LogP contribution in [0.4, 0.5) is 0 Å². The van der Waals surface area contributed by atoms with E-state index in [1.54, 1.807) is 0 Å². The van der Waals surface area contributed by atoms with E-state index in [4.69, 9.17) is 0 Å². The summed E-state index contributed by atoms with van der Waals surface area (Å²) in [6, 6.07) is 1.73. The minimum Gasteiger partial charge on any atom is -0.311 e. The predicted molar refractivity (Wildman–Crippen MR) is 38.3 cm³/mol. The molecule has 2 aliphatic heterocycles. The zero-order chi connectivity index (χ0) is 6.43. The van der Waals surface area contributed by atoms with Crippen LogP contribution < -0.4 is 5.32 Å². The van der Waals surface area contributed by atoms with E-state index in [1.807, 2.05) is 0 Å². The average molecular weight is 125 g/mol. The van der Waals surface area contributed by atoms with Gasteiger partial charge in [-0.05, 0) is 24.7 Å². The maximum absolute atomic E-state index is 3.63. The Balaban J connectivity index is 2.10. The monoisotopic (exact) mass is 125 g/mol. The van der Waals surface area contributed by atoms with Gasteiger partial charge in [-0.15, -0.1) is 0 Å². The van der Waals surface area contributed by atoms with Gasteiger partial charge in [0.1, 0.15) is 0 Å². The van der Waals surface area contributed by atoms with Crippen LogP contribution in [0.1, 0.15) is 26.7 Å². The largest absolute Gasteiger partial charge is 0.311 e. The van der Waals surface area contributed by atoms with Gasteiger partial charge in [0, 0.05) is 12.1 Å². The highest BCUT2D eigenvalue weighted by Crippen LogP contribution is 2.36. The summed E-state index contributed by atoms with van der Waals surface area (Å²) >= 11 is 0. The summed E-state index contributed by atoms with van der Waals surface area (Å²) in [6.07, 6.45) is 2.84. The van der Waals surface area contributed by atoms with Crippen LogP contribution in [-0.2, 0) is 0 Å². The number of rotatable bonds is 0. The number of hydrogen-bond donors (Lipinski definition) is 1. The molecule has 2 heterocycles. The Morgan fingerprint density at radius 1 is 1.00 bits per heavy atom. The van der Waals surface area contributed by atoms with Crippen molar-refractivity contribution in [2.45, 2.75) is 38.8 Å². The van der Waals surface area contributed by atoms with Gasteiger partial charge in [0.05, 0.1) is 0 Å². The van der Waals surface area contributed by atoms with Crippen LogP contribution in [0.25, 0.3) is 0 Å². The number of fused-ring (bicyclic) bond motifs is 2. The summed E-state index contributed by atoms with van der Waals surface area (Å²) < 4.78 is 0. The maximum Gasteiger partial charge on any atom is 0.00990 e. The van der Waals surface area contributed by atoms with Gasteiger partial charge in [0.2, 0.25) is 0 Å². The summed E-state index contributed by atoms with van der Waals surface area (Å²) in [6.45, 7) is 4.73. The maximum atomic E-state index is 3.63. The van der Waals surface area contributed by atoms with Crippen molar-refractivity contribution in [1.29, 1.82) is 0 Å². The molecule has 9 heavy (non-hydrogen) atoms. The van der Waals surface area contributed by atoms with Crippen molar-refractivity contribution in [2.24, 2.45) is 11.8 Å². The molecule has 1 heteroatoms. The topological polar surface area (TPSA) is 12.0 Å². The third kappa shape index (κ3) is 0.710. The Hall–Kier alpha value is -0.0400. The second-order valence-corrected chi connectivity index (χ2v) is 3.81. The van der Waals surface area contributed by atoms with Gasteiger partial charge in [-0.25, -0.2) is 0 Å². The van der Waals surface area contributed by atoms with Gasteiger partial charge >= 0.3 is 0 Å². The van der Waals surface area contributed by atoms with Crippen molar-refractivity contribution in [3.8, 4) is 0 Å². The summed E-state index contributed by atoms with van der Waals surface area (Å²) in [4.78, 5) is 0. The second-order valence-electron chi connectivity index (χ2n) is 3.81. The standard InChI is InChI=1S/C8H15N/c1-5-3-8-6(2)4-7(5)9-8/h5-9H,3-4H2,1-2H3/t5?,6?,7-,8-/m1/s1. The fourth-order valence-corrected chi connectivity index (χ4v) is 2.33. The smallest absolute Gasteiger partial charge is 0.00990 e. The fraction of sp³-hybridized carbons (Fsp3) is 1.00. The Labute approximate surface area is 56.8 Å². The lowest BCUT2D eigenvalue weighted by molar-refractivity contribution is 0.365. The molecular formula is C8H15N. The highest BCUT2D eigenvalue weighted by Gasteiger charge is 2.40. The molecule has 0 aromatic heterocycles. The highest BCUT2D eigenvalue weighted by atomic mass is 15.0. The quantitative estimate of drug-likeness (QED) is 0.516. The van der Waals surface area contributed by atoms with Crippen LogP contribution in [0, 0.1) is 11.8 Å². The third-order valence-electron chi connectivity index (χ3n) is 3.05. The van der Waals surface area contributed by atoms with Gasteiger partial charge in [-0.2, -0.15) is 0 Å². The molecule has 2 saturated heterocycles. The van der Waals surface area contributed by atoms with Gasteiger partial charge in [-0.3, -0.25) is 0 Å². The highest BCUT2D eigenvalue weighted by molar-refractivity contribution is 4.98. The van der Waals surface area contributed by atoms with Crippen LogP contribution >= 0.6 is 0 Å². The second kappa shape index (κ2) is 1.72. The summed E-state index contributed by atoms with van der Waals surface area (Å²) in [7, 11) is 0. The lowest BCUT2D eigenvalue weighted by Gasteiger charge is -2.19. The van der Waals surface area contributed by atoms with E-state index in [2.05, 4.69) is 19.2 Å². The van der Waals surface area contributed by atoms with Gasteiger partial charge < -0.3 is 5.32 Å². The first kappa shape index (κ1) is 5.72. The van der Waals surface area contributed by atoms with E-state index >= 15 is 0 Å². The van der Waals surface area contributed by atoms with Crippen molar-refractivity contribution < 1.29 is 0 Å². The average Bonchev–Trinajstić information content (AvgIpc) is 2.24. The van der Waals surface area contributed by atoms with Gasteiger partial charge in [0.15, 0.2) is 0 Å². The van der Waals surface area contributed by atoms with Crippen molar-refractivity contribution in [3.05, 3.63) is 0 Å². The molecule has 2 fully saturated rings. The fourth-order valence-electron chi connectivity index (χ4n) is 2.33. The molecule has 1 N–H and O–H groups in total. The van der Waals surface area contributed by atoms with Crippen LogP contribution in [0.15, 0.2) is 0 Å². The molecule has 0 amide bonds. The molecule has 0 aromatic carbocycles. The number of nitrogens with one attached hydrogen (secondary N) is 1. The molecule has 0 radical (unpaired) electrons. The van der Waals surface area contributed by atoms with E-state index in [0.717, 1.165) is 23.9 Å². The molecule has 1 nitrogen and oxygen atoms in total. The van der Waals surface area contributed by atoms with Crippen molar-refractivity contribution in [1.82, 2.24) is 5.32 Å². The minimum atomic E-state index is 0.866. The Morgan fingerprint density at radius 3 is 1.67 bits per heavy atom. The number of hydrogen-bond acceptors (Lipinski definition) is 1. The van der Waals surface area contributed by atoms with E-state index < -0.39 is 0 Å². The summed E-state index contributed by atoms with van der Waals surface area (Å²) in [5.74, 6) is 1.90. The minimum absolute atomic E-state index is 0.866. The van der Waals surface area contributed by atoms with Gasteiger partial charge in [-0.1, -0.05) is 13.8 Å². The molecule has 0 aliphatic carbocycles. The first-order chi connectivity index (χ1) is 4.27. The molecule has 2 bridgehead atoms. The first-order valence-electron chi connectivity index (χ1n) is 4.03. The van der Waals surface area contributed by atoms with Crippen molar-refractivity contribution >= 4 is 0 Å². The van der Waals surface area contributed by atoms with Crippen LogP contribution in [0.5, 0.6) is 0 Å². The Morgan fingerprint density at radius 2 is 1.44 bits per heavy atom. The SMILES string of the molecule is CC1C[C@H]2N[C@@H]1CC2C.